The summed E-state index contributed by atoms with van der Waals surface area (Å²) in [5, 5.41) is 12.9. The van der Waals surface area contributed by atoms with Crippen LogP contribution in [0.1, 0.15) is 12.5 Å². The van der Waals surface area contributed by atoms with Gasteiger partial charge < -0.3 is 21.1 Å². The summed E-state index contributed by atoms with van der Waals surface area (Å²) < 4.78 is 27.3. The number of benzene rings is 2. The van der Waals surface area contributed by atoms with Crippen molar-refractivity contribution in [2.75, 3.05) is 17.7 Å². The molecule has 0 spiro atoms. The Morgan fingerprint density at radius 1 is 1.17 bits per heavy atom. The van der Waals surface area contributed by atoms with Gasteiger partial charge in [-0.3, -0.25) is 4.79 Å². The molecule has 4 N–H and O–H groups in total. The van der Waals surface area contributed by atoms with Crippen LogP contribution in [0.2, 0.25) is 0 Å². The second kappa shape index (κ2) is 8.14. The number of halogens is 2. The van der Waals surface area contributed by atoms with E-state index in [9.17, 15) is 18.7 Å². The first kappa shape index (κ1) is 20.1. The van der Waals surface area contributed by atoms with E-state index in [0.717, 1.165) is 6.07 Å². The number of carbonyl (C=O) groups excluding carboxylic acids is 1. The summed E-state index contributed by atoms with van der Waals surface area (Å²) in [6, 6.07) is 11.4. The Hall–Kier alpha value is -3.68. The van der Waals surface area contributed by atoms with Gasteiger partial charge in [0.1, 0.15) is 23.2 Å². The Morgan fingerprint density at radius 2 is 1.93 bits per heavy atom. The van der Waals surface area contributed by atoms with Crippen LogP contribution in [0.15, 0.2) is 48.5 Å². The summed E-state index contributed by atoms with van der Waals surface area (Å²) >= 11 is 0. The Labute approximate surface area is 166 Å². The second-order valence-electron chi connectivity index (χ2n) is 6.51. The molecule has 0 fully saturated rings. The van der Waals surface area contributed by atoms with Crippen LogP contribution in [0.3, 0.4) is 0 Å². The number of aromatic hydroxyl groups is 1. The fourth-order valence-electron chi connectivity index (χ4n) is 2.85. The Balaban J connectivity index is 1.95. The van der Waals surface area contributed by atoms with Gasteiger partial charge in [0.25, 0.3) is 0 Å². The summed E-state index contributed by atoms with van der Waals surface area (Å²) in [6.07, 6.45) is 0. The monoisotopic (exact) mass is 398 g/mol. The zero-order valence-electron chi connectivity index (χ0n) is 15.9. The van der Waals surface area contributed by atoms with E-state index >= 15 is 0 Å². The zero-order chi connectivity index (χ0) is 21.1. The van der Waals surface area contributed by atoms with Crippen LogP contribution in [-0.4, -0.2) is 23.0 Å². The van der Waals surface area contributed by atoms with Crippen LogP contribution >= 0.6 is 0 Å². The first-order chi connectivity index (χ1) is 13.8. The van der Waals surface area contributed by atoms with E-state index in [1.165, 1.54) is 30.0 Å². The second-order valence-corrected chi connectivity index (χ2v) is 6.51. The number of nitrogens with one attached hydrogen (secondary N) is 1. The average Bonchev–Trinajstić information content (AvgIpc) is 2.67. The molecular weight excluding hydrogens is 378 g/mol. The van der Waals surface area contributed by atoms with Gasteiger partial charge in [0.2, 0.25) is 5.91 Å². The molecule has 0 saturated heterocycles. The van der Waals surface area contributed by atoms with E-state index in [1.807, 2.05) is 0 Å². The maximum absolute atomic E-state index is 14.1. The van der Waals surface area contributed by atoms with Crippen molar-refractivity contribution in [2.45, 2.75) is 13.5 Å². The Kier molecular flexibility index (Phi) is 5.63. The minimum Gasteiger partial charge on any atom is -0.507 e. The molecule has 1 heterocycles. The SMILES string of the molecule is CC(=O)NCc1ccc(-c2cc(N(C)c3ccc(F)cc3F)ccc2O)nc1N. The number of hydrogen-bond acceptors (Lipinski definition) is 5. The predicted octanol–water partition coefficient (Wildman–Crippen LogP) is 3.72. The van der Waals surface area contributed by atoms with E-state index in [4.69, 9.17) is 5.73 Å². The molecule has 0 aliphatic rings. The molecule has 1 aromatic heterocycles. The summed E-state index contributed by atoms with van der Waals surface area (Å²) in [4.78, 5) is 16.9. The highest BCUT2D eigenvalue weighted by Crippen LogP contribution is 2.35. The number of aromatic nitrogens is 1. The van der Waals surface area contributed by atoms with Crippen molar-refractivity contribution in [1.29, 1.82) is 0 Å². The molecule has 0 saturated carbocycles. The minimum absolute atomic E-state index is 0.0248. The van der Waals surface area contributed by atoms with Crippen molar-refractivity contribution in [2.24, 2.45) is 0 Å². The Morgan fingerprint density at radius 3 is 2.59 bits per heavy atom. The largest absolute Gasteiger partial charge is 0.507 e. The highest BCUT2D eigenvalue weighted by Gasteiger charge is 2.15. The molecule has 0 aliphatic carbocycles. The normalized spacial score (nSPS) is 10.6. The molecular formula is C21H20F2N4O2. The van der Waals surface area contributed by atoms with Crippen LogP contribution in [0.25, 0.3) is 11.3 Å². The van der Waals surface area contributed by atoms with Crippen LogP contribution < -0.4 is 16.0 Å². The molecule has 0 aliphatic heterocycles. The van der Waals surface area contributed by atoms with Gasteiger partial charge in [-0.25, -0.2) is 13.8 Å². The third kappa shape index (κ3) is 4.43. The van der Waals surface area contributed by atoms with Gasteiger partial charge in [-0.05, 0) is 36.4 Å². The minimum atomic E-state index is -0.702. The van der Waals surface area contributed by atoms with Gasteiger partial charge in [-0.1, -0.05) is 6.07 Å². The number of hydrogen-bond donors (Lipinski definition) is 3. The third-order valence-corrected chi connectivity index (χ3v) is 4.45. The van der Waals surface area contributed by atoms with Gasteiger partial charge in [0.15, 0.2) is 0 Å². The lowest BCUT2D eigenvalue weighted by atomic mass is 10.1. The van der Waals surface area contributed by atoms with E-state index in [-0.39, 0.29) is 29.7 Å². The smallest absolute Gasteiger partial charge is 0.217 e. The molecule has 150 valence electrons. The lowest BCUT2D eigenvalue weighted by molar-refractivity contribution is -0.119. The maximum atomic E-state index is 14.1. The predicted molar refractivity (Wildman–Crippen MR) is 108 cm³/mol. The van der Waals surface area contributed by atoms with E-state index in [0.29, 0.717) is 22.5 Å². The van der Waals surface area contributed by atoms with Crippen molar-refractivity contribution in [3.63, 3.8) is 0 Å². The fraction of sp³-hybridized carbons (Fsp3) is 0.143. The number of pyridine rings is 1. The molecule has 6 nitrogen and oxygen atoms in total. The molecule has 0 unspecified atom stereocenters. The number of amides is 1. The summed E-state index contributed by atoms with van der Waals surface area (Å²) in [6.45, 7) is 1.65. The van der Waals surface area contributed by atoms with Crippen molar-refractivity contribution in [3.05, 3.63) is 65.7 Å². The van der Waals surface area contributed by atoms with Gasteiger partial charge >= 0.3 is 0 Å². The molecule has 0 radical (unpaired) electrons. The fourth-order valence-corrected chi connectivity index (χ4v) is 2.85. The number of rotatable bonds is 5. The Bertz CT molecular complexity index is 1070. The lowest BCUT2D eigenvalue weighted by Gasteiger charge is -2.21. The molecule has 0 bridgehead atoms. The maximum Gasteiger partial charge on any atom is 0.217 e. The van der Waals surface area contributed by atoms with Crippen LogP contribution in [0.5, 0.6) is 5.75 Å². The van der Waals surface area contributed by atoms with Gasteiger partial charge in [-0.15, -0.1) is 0 Å². The molecule has 3 rings (SSSR count). The summed E-state index contributed by atoms with van der Waals surface area (Å²) in [5.74, 6) is -1.35. The van der Waals surface area contributed by atoms with E-state index in [1.54, 1.807) is 31.3 Å². The first-order valence-electron chi connectivity index (χ1n) is 8.78. The van der Waals surface area contributed by atoms with Crippen molar-refractivity contribution >= 4 is 23.1 Å². The van der Waals surface area contributed by atoms with Crippen molar-refractivity contribution in [1.82, 2.24) is 10.3 Å². The molecule has 0 atom stereocenters. The van der Waals surface area contributed by atoms with Crippen LogP contribution in [0.4, 0.5) is 26.0 Å². The molecule has 1 amide bonds. The highest BCUT2D eigenvalue weighted by molar-refractivity contribution is 5.76. The van der Waals surface area contributed by atoms with Gasteiger partial charge in [-0.2, -0.15) is 0 Å². The number of carbonyl (C=O) groups is 1. The van der Waals surface area contributed by atoms with Gasteiger partial charge in [0, 0.05) is 43.4 Å². The van der Waals surface area contributed by atoms with E-state index < -0.39 is 11.6 Å². The standard InChI is InChI=1S/C21H20F2N4O2/c1-12(28)25-11-13-3-6-18(26-21(13)24)16-10-15(5-8-20(16)29)27(2)19-7-4-14(22)9-17(19)23/h3-10,29H,11H2,1-2H3,(H2,24,26)(H,25,28). The van der Waals surface area contributed by atoms with E-state index in [2.05, 4.69) is 10.3 Å². The van der Waals surface area contributed by atoms with Crippen molar-refractivity contribution in [3.8, 4) is 17.0 Å². The average molecular weight is 398 g/mol. The summed E-state index contributed by atoms with van der Waals surface area (Å²) in [7, 11) is 1.63. The highest BCUT2D eigenvalue weighted by atomic mass is 19.1. The van der Waals surface area contributed by atoms with Crippen LogP contribution in [0, 0.1) is 11.6 Å². The number of phenolic OH excluding ortho intramolecular Hbond substituents is 1. The molecule has 29 heavy (non-hydrogen) atoms. The topological polar surface area (TPSA) is 91.5 Å². The number of nitrogens with zero attached hydrogens (tertiary/aromatic N) is 2. The molecule has 8 heteroatoms. The third-order valence-electron chi connectivity index (χ3n) is 4.45. The molecule has 3 aromatic rings. The number of phenols is 1. The first-order valence-corrected chi connectivity index (χ1v) is 8.78. The number of nitrogens with two attached hydrogens (primary N) is 1. The zero-order valence-corrected chi connectivity index (χ0v) is 15.9. The van der Waals surface area contributed by atoms with Crippen LogP contribution in [-0.2, 0) is 11.3 Å². The lowest BCUT2D eigenvalue weighted by Crippen LogP contribution is -2.20. The van der Waals surface area contributed by atoms with Gasteiger partial charge in [0.05, 0.1) is 11.4 Å². The molecule has 2 aromatic carbocycles. The number of nitrogen functional groups attached to an aromatic ring is 1. The number of anilines is 3. The summed E-state index contributed by atoms with van der Waals surface area (Å²) in [5.41, 5.74) is 8.18. The quantitative estimate of drug-likeness (QED) is 0.609. The van der Waals surface area contributed by atoms with Crippen molar-refractivity contribution < 1.29 is 18.7 Å².